The summed E-state index contributed by atoms with van der Waals surface area (Å²) in [5.74, 6) is -2.15. The molecule has 29 heavy (non-hydrogen) atoms. The number of aromatic nitrogens is 1. The van der Waals surface area contributed by atoms with Gasteiger partial charge in [0.25, 0.3) is 10.0 Å². The monoisotopic (exact) mass is 420 g/mol. The van der Waals surface area contributed by atoms with Crippen molar-refractivity contribution < 1.29 is 31.9 Å². The van der Waals surface area contributed by atoms with Crippen molar-refractivity contribution >= 4 is 38.7 Å². The molecule has 0 radical (unpaired) electrons. The van der Waals surface area contributed by atoms with Gasteiger partial charge < -0.3 is 13.9 Å². The molecular formula is C18H16N2O8S. The third kappa shape index (κ3) is 3.72. The number of anilines is 1. The van der Waals surface area contributed by atoms with E-state index < -0.39 is 27.7 Å². The van der Waals surface area contributed by atoms with E-state index in [4.69, 9.17) is 4.42 Å². The Morgan fingerprint density at radius 1 is 1.03 bits per heavy atom. The molecule has 0 aliphatic carbocycles. The summed E-state index contributed by atoms with van der Waals surface area (Å²) in [6, 6.07) is 7.59. The first-order valence-corrected chi connectivity index (χ1v) is 9.59. The third-order valence-corrected chi connectivity index (χ3v) is 5.53. The highest BCUT2D eigenvalue weighted by Gasteiger charge is 2.22. The summed E-state index contributed by atoms with van der Waals surface area (Å²) in [5.41, 5.74) is 0.251. The van der Waals surface area contributed by atoms with Crippen LogP contribution in [0.25, 0.3) is 11.1 Å². The summed E-state index contributed by atoms with van der Waals surface area (Å²) in [5, 5.41) is 0. The zero-order valence-corrected chi connectivity index (χ0v) is 16.4. The number of hydrogen-bond donors (Lipinski definition) is 1. The summed E-state index contributed by atoms with van der Waals surface area (Å²) in [7, 11) is -0.406. The van der Waals surface area contributed by atoms with Gasteiger partial charge in [-0.15, -0.1) is 0 Å². The summed E-state index contributed by atoms with van der Waals surface area (Å²) in [6.07, 6.45) is 0. The number of ether oxygens (including phenoxy) is 2. The van der Waals surface area contributed by atoms with Gasteiger partial charge in [-0.25, -0.2) is 22.8 Å². The highest BCUT2D eigenvalue weighted by Crippen LogP contribution is 2.25. The second kappa shape index (κ2) is 7.43. The lowest BCUT2D eigenvalue weighted by Crippen LogP contribution is -2.17. The summed E-state index contributed by atoms with van der Waals surface area (Å²) >= 11 is 0. The molecule has 1 N–H and O–H groups in total. The molecule has 0 saturated heterocycles. The second-order valence-corrected chi connectivity index (χ2v) is 7.59. The minimum atomic E-state index is -4.20. The van der Waals surface area contributed by atoms with Crippen molar-refractivity contribution in [3.05, 3.63) is 58.1 Å². The Bertz CT molecular complexity index is 1290. The van der Waals surface area contributed by atoms with Crippen LogP contribution in [0.1, 0.15) is 20.7 Å². The normalized spacial score (nSPS) is 11.3. The standard InChI is InChI=1S/C18H16N2O8S/c1-20-14-7-5-11(9-15(14)28-18(20)23)29(24,25)19-13-8-10(16(21)26-2)4-6-12(13)17(22)27-3/h4-9,19H,1-3H3. The van der Waals surface area contributed by atoms with Crippen LogP contribution in [0.4, 0.5) is 5.69 Å². The van der Waals surface area contributed by atoms with Gasteiger partial charge in [-0.2, -0.15) is 0 Å². The molecule has 2 aromatic carbocycles. The Hall–Kier alpha value is -3.60. The molecule has 11 heteroatoms. The predicted molar refractivity (Wildman–Crippen MR) is 101 cm³/mol. The first-order valence-electron chi connectivity index (χ1n) is 8.11. The van der Waals surface area contributed by atoms with Crippen molar-refractivity contribution in [2.75, 3.05) is 18.9 Å². The van der Waals surface area contributed by atoms with Gasteiger partial charge in [0.2, 0.25) is 0 Å². The molecule has 0 aliphatic heterocycles. The highest BCUT2D eigenvalue weighted by molar-refractivity contribution is 7.92. The van der Waals surface area contributed by atoms with E-state index in [-0.39, 0.29) is 27.3 Å². The van der Waals surface area contributed by atoms with Gasteiger partial charge in [0.1, 0.15) is 0 Å². The van der Waals surface area contributed by atoms with Crippen molar-refractivity contribution in [3.63, 3.8) is 0 Å². The maximum atomic E-state index is 12.8. The molecule has 10 nitrogen and oxygen atoms in total. The number of fused-ring (bicyclic) bond motifs is 1. The van der Waals surface area contributed by atoms with Crippen LogP contribution in [0.3, 0.4) is 0 Å². The largest absolute Gasteiger partial charge is 0.465 e. The van der Waals surface area contributed by atoms with E-state index in [1.807, 2.05) is 0 Å². The fraction of sp³-hybridized carbons (Fsp3) is 0.167. The quantitative estimate of drug-likeness (QED) is 0.614. The minimum Gasteiger partial charge on any atom is -0.465 e. The lowest BCUT2D eigenvalue weighted by molar-refractivity contribution is 0.0587. The second-order valence-electron chi connectivity index (χ2n) is 5.91. The van der Waals surface area contributed by atoms with Crippen LogP contribution in [0.15, 0.2) is 50.5 Å². The van der Waals surface area contributed by atoms with Crippen LogP contribution < -0.4 is 10.5 Å². The number of nitrogens with one attached hydrogen (secondary N) is 1. The molecule has 0 aliphatic rings. The number of aryl methyl sites for hydroxylation is 1. The molecular weight excluding hydrogens is 404 g/mol. The molecule has 1 aromatic heterocycles. The van der Waals surface area contributed by atoms with Crippen molar-refractivity contribution in [2.24, 2.45) is 7.05 Å². The Balaban J connectivity index is 2.08. The average Bonchev–Trinajstić information content (AvgIpc) is 2.99. The molecule has 1 heterocycles. The van der Waals surface area contributed by atoms with Crippen LogP contribution in [-0.4, -0.2) is 39.1 Å². The van der Waals surface area contributed by atoms with Crippen LogP contribution in [0.2, 0.25) is 0 Å². The van der Waals surface area contributed by atoms with Crippen molar-refractivity contribution in [3.8, 4) is 0 Å². The first-order chi connectivity index (χ1) is 13.7. The van der Waals surface area contributed by atoms with Crippen LogP contribution in [0.5, 0.6) is 0 Å². The zero-order valence-electron chi connectivity index (χ0n) is 15.6. The van der Waals surface area contributed by atoms with Gasteiger partial charge in [0.05, 0.1) is 41.4 Å². The summed E-state index contributed by atoms with van der Waals surface area (Å²) < 4.78 is 43.5. The number of rotatable bonds is 5. The summed E-state index contributed by atoms with van der Waals surface area (Å²) in [6.45, 7) is 0. The lowest BCUT2D eigenvalue weighted by Gasteiger charge is -2.13. The van der Waals surface area contributed by atoms with E-state index in [0.717, 1.165) is 13.2 Å². The fourth-order valence-electron chi connectivity index (χ4n) is 2.65. The molecule has 152 valence electrons. The first kappa shape index (κ1) is 20.1. The van der Waals surface area contributed by atoms with Gasteiger partial charge in [0.15, 0.2) is 5.58 Å². The molecule has 3 aromatic rings. The zero-order chi connectivity index (χ0) is 21.3. The van der Waals surface area contributed by atoms with Gasteiger partial charge in [-0.1, -0.05) is 0 Å². The molecule has 0 saturated carbocycles. The number of carbonyl (C=O) groups is 2. The highest BCUT2D eigenvalue weighted by atomic mass is 32.2. The van der Waals surface area contributed by atoms with Crippen molar-refractivity contribution in [2.45, 2.75) is 4.90 Å². The minimum absolute atomic E-state index is 0.0300. The Kier molecular flexibility index (Phi) is 5.16. The number of carbonyl (C=O) groups excluding carboxylic acids is 2. The molecule has 0 bridgehead atoms. The van der Waals surface area contributed by atoms with Gasteiger partial charge >= 0.3 is 17.7 Å². The van der Waals surface area contributed by atoms with Crippen molar-refractivity contribution in [1.29, 1.82) is 0 Å². The number of sulfonamides is 1. The third-order valence-electron chi connectivity index (χ3n) is 4.16. The number of methoxy groups -OCH3 is 2. The molecule has 0 spiro atoms. The maximum absolute atomic E-state index is 12.8. The lowest BCUT2D eigenvalue weighted by atomic mass is 10.1. The number of oxazole rings is 1. The number of benzene rings is 2. The molecule has 3 rings (SSSR count). The smallest absolute Gasteiger partial charge is 0.419 e. The molecule has 0 fully saturated rings. The van der Waals surface area contributed by atoms with Gasteiger partial charge in [-0.3, -0.25) is 9.29 Å². The van der Waals surface area contributed by atoms with Crippen LogP contribution in [0, 0.1) is 0 Å². The molecule has 0 atom stereocenters. The molecule has 0 amide bonds. The number of hydrogen-bond acceptors (Lipinski definition) is 8. The van der Waals surface area contributed by atoms with E-state index >= 15 is 0 Å². The van der Waals surface area contributed by atoms with E-state index in [2.05, 4.69) is 14.2 Å². The van der Waals surface area contributed by atoms with Gasteiger partial charge in [0, 0.05) is 13.1 Å². The maximum Gasteiger partial charge on any atom is 0.419 e. The van der Waals surface area contributed by atoms with Crippen LogP contribution in [-0.2, 0) is 26.5 Å². The number of nitrogens with zero attached hydrogens (tertiary/aromatic N) is 1. The Morgan fingerprint density at radius 2 is 1.72 bits per heavy atom. The Labute approximate surface area is 164 Å². The van der Waals surface area contributed by atoms with E-state index in [9.17, 15) is 22.8 Å². The number of esters is 2. The SMILES string of the molecule is COC(=O)c1ccc(C(=O)OC)c(NS(=O)(=O)c2ccc3c(c2)oc(=O)n3C)c1. The predicted octanol–water partition coefficient (Wildman–Crippen LogP) is 1.51. The summed E-state index contributed by atoms with van der Waals surface area (Å²) in [4.78, 5) is 35.2. The van der Waals surface area contributed by atoms with E-state index in [1.54, 1.807) is 0 Å². The Morgan fingerprint density at radius 3 is 2.38 bits per heavy atom. The fourth-order valence-corrected chi connectivity index (χ4v) is 3.73. The topological polar surface area (TPSA) is 134 Å². The van der Waals surface area contributed by atoms with E-state index in [1.165, 1.54) is 49.1 Å². The van der Waals surface area contributed by atoms with Gasteiger partial charge in [-0.05, 0) is 30.3 Å². The molecule has 0 unspecified atom stereocenters. The van der Waals surface area contributed by atoms with E-state index in [0.29, 0.717) is 5.52 Å². The average molecular weight is 420 g/mol. The van der Waals surface area contributed by atoms with Crippen molar-refractivity contribution in [1.82, 2.24) is 4.57 Å². The van der Waals surface area contributed by atoms with Crippen LogP contribution >= 0.6 is 0 Å².